The molecule has 3 rings (SSSR count). The lowest BCUT2D eigenvalue weighted by Crippen LogP contribution is -2.21. The molecule has 2 aromatic carbocycles. The maximum absolute atomic E-state index is 12.0. The van der Waals surface area contributed by atoms with Crippen molar-refractivity contribution in [1.82, 2.24) is 10.3 Å². The van der Waals surface area contributed by atoms with Gasteiger partial charge in [-0.25, -0.2) is 0 Å². The zero-order valence-electron chi connectivity index (χ0n) is 14.4. The molecule has 0 spiro atoms. The van der Waals surface area contributed by atoms with Crippen molar-refractivity contribution >= 4 is 11.6 Å². The van der Waals surface area contributed by atoms with Crippen LogP contribution in [0, 0.1) is 0 Å². The van der Waals surface area contributed by atoms with Crippen LogP contribution < -0.4 is 15.4 Å². The standard InChI is InChI=1S/C21H21N3O2/c25-21(13-15-22-16-18-6-4-5-14-23-18)24-17-9-11-20(12-10-17)26-19-7-2-1-3-8-19/h1-12,14,22H,13,15-16H2,(H,24,25). The van der Waals surface area contributed by atoms with Crippen molar-refractivity contribution in [3.63, 3.8) is 0 Å². The van der Waals surface area contributed by atoms with Crippen LogP contribution in [-0.2, 0) is 11.3 Å². The first-order valence-electron chi connectivity index (χ1n) is 8.53. The van der Waals surface area contributed by atoms with E-state index in [-0.39, 0.29) is 5.91 Å². The Bertz CT molecular complexity index is 806. The second-order valence-electron chi connectivity index (χ2n) is 5.74. The van der Waals surface area contributed by atoms with Gasteiger partial charge in [0.2, 0.25) is 5.91 Å². The molecule has 2 N–H and O–H groups in total. The number of pyridine rings is 1. The van der Waals surface area contributed by atoms with Crippen molar-refractivity contribution in [3.05, 3.63) is 84.7 Å². The van der Waals surface area contributed by atoms with Gasteiger partial charge in [0.15, 0.2) is 0 Å². The van der Waals surface area contributed by atoms with Gasteiger partial charge in [-0.15, -0.1) is 0 Å². The lowest BCUT2D eigenvalue weighted by molar-refractivity contribution is -0.116. The first kappa shape index (κ1) is 17.6. The Kier molecular flexibility index (Phi) is 6.34. The summed E-state index contributed by atoms with van der Waals surface area (Å²) in [6.07, 6.45) is 2.16. The predicted molar refractivity (Wildman–Crippen MR) is 102 cm³/mol. The van der Waals surface area contributed by atoms with Crippen LogP contribution in [0.15, 0.2) is 79.0 Å². The highest BCUT2D eigenvalue weighted by Gasteiger charge is 2.03. The number of carbonyl (C=O) groups is 1. The first-order chi connectivity index (χ1) is 12.8. The van der Waals surface area contributed by atoms with Gasteiger partial charge in [0, 0.05) is 31.4 Å². The number of amides is 1. The Labute approximate surface area is 153 Å². The number of anilines is 1. The molecule has 0 aliphatic heterocycles. The van der Waals surface area contributed by atoms with E-state index >= 15 is 0 Å². The molecular formula is C21H21N3O2. The van der Waals surface area contributed by atoms with Crippen LogP contribution in [0.5, 0.6) is 11.5 Å². The van der Waals surface area contributed by atoms with E-state index in [4.69, 9.17) is 4.74 Å². The zero-order chi connectivity index (χ0) is 18.0. The fourth-order valence-corrected chi connectivity index (χ4v) is 2.38. The van der Waals surface area contributed by atoms with Gasteiger partial charge >= 0.3 is 0 Å². The van der Waals surface area contributed by atoms with E-state index in [0.717, 1.165) is 22.9 Å². The van der Waals surface area contributed by atoms with Crippen LogP contribution >= 0.6 is 0 Å². The quantitative estimate of drug-likeness (QED) is 0.605. The van der Waals surface area contributed by atoms with E-state index in [1.807, 2.05) is 72.8 Å². The smallest absolute Gasteiger partial charge is 0.225 e. The van der Waals surface area contributed by atoms with E-state index in [0.29, 0.717) is 19.5 Å². The predicted octanol–water partition coefficient (Wildman–Crippen LogP) is 3.99. The largest absolute Gasteiger partial charge is 0.457 e. The number of ether oxygens (including phenoxy) is 1. The van der Waals surface area contributed by atoms with Crippen molar-refractivity contribution < 1.29 is 9.53 Å². The van der Waals surface area contributed by atoms with Gasteiger partial charge in [-0.05, 0) is 48.5 Å². The Morgan fingerprint density at radius 3 is 2.35 bits per heavy atom. The third kappa shape index (κ3) is 5.72. The van der Waals surface area contributed by atoms with E-state index in [9.17, 15) is 4.79 Å². The number of aromatic nitrogens is 1. The van der Waals surface area contributed by atoms with E-state index in [2.05, 4.69) is 15.6 Å². The summed E-state index contributed by atoms with van der Waals surface area (Å²) in [6.45, 7) is 1.25. The molecule has 0 aliphatic rings. The SMILES string of the molecule is O=C(CCNCc1ccccn1)Nc1ccc(Oc2ccccc2)cc1. The Hall–Kier alpha value is -3.18. The highest BCUT2D eigenvalue weighted by molar-refractivity contribution is 5.90. The number of rotatable bonds is 8. The summed E-state index contributed by atoms with van der Waals surface area (Å²) < 4.78 is 5.73. The summed E-state index contributed by atoms with van der Waals surface area (Å²) in [6, 6.07) is 22.7. The molecule has 1 amide bonds. The van der Waals surface area contributed by atoms with Crippen LogP contribution in [0.3, 0.4) is 0 Å². The molecule has 5 nitrogen and oxygen atoms in total. The monoisotopic (exact) mass is 347 g/mol. The number of hydrogen-bond acceptors (Lipinski definition) is 4. The van der Waals surface area contributed by atoms with E-state index in [1.165, 1.54) is 0 Å². The summed E-state index contributed by atoms with van der Waals surface area (Å²) in [5.41, 5.74) is 1.71. The summed E-state index contributed by atoms with van der Waals surface area (Å²) in [5.74, 6) is 1.48. The Morgan fingerprint density at radius 2 is 1.62 bits per heavy atom. The number of nitrogens with zero attached hydrogens (tertiary/aromatic N) is 1. The fourth-order valence-electron chi connectivity index (χ4n) is 2.38. The molecule has 3 aromatic rings. The number of benzene rings is 2. The number of nitrogens with one attached hydrogen (secondary N) is 2. The number of hydrogen-bond donors (Lipinski definition) is 2. The molecule has 0 unspecified atom stereocenters. The molecule has 1 heterocycles. The average molecular weight is 347 g/mol. The lowest BCUT2D eigenvalue weighted by atomic mass is 10.3. The van der Waals surface area contributed by atoms with Gasteiger partial charge in [0.1, 0.15) is 11.5 Å². The first-order valence-corrected chi connectivity index (χ1v) is 8.53. The highest BCUT2D eigenvalue weighted by atomic mass is 16.5. The third-order valence-corrected chi connectivity index (χ3v) is 3.68. The van der Waals surface area contributed by atoms with E-state index in [1.54, 1.807) is 6.20 Å². The molecule has 0 aliphatic carbocycles. The van der Waals surface area contributed by atoms with Crippen molar-refractivity contribution in [3.8, 4) is 11.5 Å². The van der Waals surface area contributed by atoms with Crippen molar-refractivity contribution in [1.29, 1.82) is 0 Å². The average Bonchev–Trinajstić information content (AvgIpc) is 2.68. The second kappa shape index (κ2) is 9.34. The van der Waals surface area contributed by atoms with E-state index < -0.39 is 0 Å². The maximum Gasteiger partial charge on any atom is 0.225 e. The molecule has 0 atom stereocenters. The lowest BCUT2D eigenvalue weighted by Gasteiger charge is -2.08. The normalized spacial score (nSPS) is 10.3. The maximum atomic E-state index is 12.0. The molecule has 26 heavy (non-hydrogen) atoms. The zero-order valence-corrected chi connectivity index (χ0v) is 14.4. The Balaban J connectivity index is 1.40. The van der Waals surface area contributed by atoms with Gasteiger partial charge in [-0.1, -0.05) is 24.3 Å². The van der Waals surface area contributed by atoms with Crippen LogP contribution in [0.1, 0.15) is 12.1 Å². The van der Waals surface area contributed by atoms with Crippen molar-refractivity contribution in [2.45, 2.75) is 13.0 Å². The highest BCUT2D eigenvalue weighted by Crippen LogP contribution is 2.22. The summed E-state index contributed by atoms with van der Waals surface area (Å²) in [7, 11) is 0. The minimum Gasteiger partial charge on any atom is -0.457 e. The molecule has 0 saturated heterocycles. The minimum atomic E-state index is -0.0322. The molecular weight excluding hydrogens is 326 g/mol. The van der Waals surface area contributed by atoms with Crippen molar-refractivity contribution in [2.75, 3.05) is 11.9 Å². The van der Waals surface area contributed by atoms with Gasteiger partial charge in [-0.2, -0.15) is 0 Å². The second-order valence-corrected chi connectivity index (χ2v) is 5.74. The Morgan fingerprint density at radius 1 is 0.885 bits per heavy atom. The molecule has 5 heteroatoms. The summed E-state index contributed by atoms with van der Waals surface area (Å²) >= 11 is 0. The van der Waals surface area contributed by atoms with Gasteiger partial charge in [-0.3, -0.25) is 9.78 Å². The molecule has 0 radical (unpaired) electrons. The van der Waals surface area contributed by atoms with Crippen LogP contribution in [-0.4, -0.2) is 17.4 Å². The number of carbonyl (C=O) groups excluding carboxylic acids is 1. The molecule has 0 fully saturated rings. The fraction of sp³-hybridized carbons (Fsp3) is 0.143. The topological polar surface area (TPSA) is 63.2 Å². The minimum absolute atomic E-state index is 0.0322. The van der Waals surface area contributed by atoms with Crippen LogP contribution in [0.4, 0.5) is 5.69 Å². The van der Waals surface area contributed by atoms with Gasteiger partial charge in [0.05, 0.1) is 5.69 Å². The molecule has 0 bridgehead atoms. The van der Waals surface area contributed by atoms with Crippen LogP contribution in [0.2, 0.25) is 0 Å². The summed E-state index contributed by atoms with van der Waals surface area (Å²) in [4.78, 5) is 16.2. The van der Waals surface area contributed by atoms with Crippen molar-refractivity contribution in [2.24, 2.45) is 0 Å². The molecule has 132 valence electrons. The molecule has 1 aromatic heterocycles. The van der Waals surface area contributed by atoms with Gasteiger partial charge < -0.3 is 15.4 Å². The summed E-state index contributed by atoms with van der Waals surface area (Å²) in [5, 5.41) is 6.09. The van der Waals surface area contributed by atoms with Gasteiger partial charge in [0.25, 0.3) is 0 Å². The van der Waals surface area contributed by atoms with Crippen LogP contribution in [0.25, 0.3) is 0 Å². The number of para-hydroxylation sites is 1. The third-order valence-electron chi connectivity index (χ3n) is 3.68. The molecule has 0 saturated carbocycles.